The molecule has 0 spiro atoms. The van der Waals surface area contributed by atoms with Crippen molar-refractivity contribution in [2.75, 3.05) is 13.1 Å². The minimum Gasteiger partial charge on any atom is -0.309 e. The van der Waals surface area contributed by atoms with E-state index in [0.717, 1.165) is 18.1 Å². The van der Waals surface area contributed by atoms with E-state index in [1.54, 1.807) is 0 Å². The predicted octanol–water partition coefficient (Wildman–Crippen LogP) is 1.08. The van der Waals surface area contributed by atoms with Crippen LogP contribution in [-0.4, -0.2) is 36.1 Å². The standard InChI is InChI=1S/C9H18N2.H2/c1-7(2)11-5-8-3-4-9(6-11)10-8;/h7-10H,3-6H2,1-2H3;1H. The Morgan fingerprint density at radius 2 is 1.82 bits per heavy atom. The maximum absolute atomic E-state index is 3.63. The van der Waals surface area contributed by atoms with Crippen molar-refractivity contribution in [3.8, 4) is 0 Å². The van der Waals surface area contributed by atoms with E-state index in [2.05, 4.69) is 24.1 Å². The molecule has 1 N–H and O–H groups in total. The zero-order valence-corrected chi connectivity index (χ0v) is 7.51. The molecule has 2 heterocycles. The lowest BCUT2D eigenvalue weighted by Gasteiger charge is -2.35. The number of fused-ring (bicyclic) bond motifs is 2. The van der Waals surface area contributed by atoms with Gasteiger partial charge in [0.2, 0.25) is 0 Å². The third-order valence-corrected chi connectivity index (χ3v) is 2.98. The van der Waals surface area contributed by atoms with Gasteiger partial charge in [0, 0.05) is 32.6 Å². The topological polar surface area (TPSA) is 15.3 Å². The monoisotopic (exact) mass is 156 g/mol. The summed E-state index contributed by atoms with van der Waals surface area (Å²) < 4.78 is 0. The van der Waals surface area contributed by atoms with Gasteiger partial charge in [0.15, 0.2) is 0 Å². The van der Waals surface area contributed by atoms with Crippen LogP contribution in [0.15, 0.2) is 0 Å². The highest BCUT2D eigenvalue weighted by Gasteiger charge is 2.32. The number of piperazine rings is 1. The fourth-order valence-electron chi connectivity index (χ4n) is 2.25. The van der Waals surface area contributed by atoms with Crippen LogP contribution >= 0.6 is 0 Å². The molecule has 0 aliphatic carbocycles. The van der Waals surface area contributed by atoms with Crippen LogP contribution in [-0.2, 0) is 0 Å². The first-order valence-corrected chi connectivity index (χ1v) is 4.76. The number of rotatable bonds is 1. The summed E-state index contributed by atoms with van der Waals surface area (Å²) in [6.45, 7) is 7.14. The van der Waals surface area contributed by atoms with Crippen molar-refractivity contribution in [1.29, 1.82) is 0 Å². The van der Waals surface area contributed by atoms with E-state index >= 15 is 0 Å². The summed E-state index contributed by atoms with van der Waals surface area (Å²) in [4.78, 5) is 2.60. The fraction of sp³-hybridized carbons (Fsp3) is 1.00. The molecule has 0 radical (unpaired) electrons. The molecule has 2 atom stereocenters. The highest BCUT2D eigenvalue weighted by atomic mass is 15.2. The molecule has 11 heavy (non-hydrogen) atoms. The lowest BCUT2D eigenvalue weighted by atomic mass is 10.2. The molecule has 2 rings (SSSR count). The lowest BCUT2D eigenvalue weighted by Crippen LogP contribution is -2.53. The summed E-state index contributed by atoms with van der Waals surface area (Å²) in [7, 11) is 0. The SMILES string of the molecule is CC(C)N1CC2CCC(C1)N2.[HH]. The number of likely N-dealkylation sites (tertiary alicyclic amines) is 1. The van der Waals surface area contributed by atoms with E-state index in [1.165, 1.54) is 25.9 Å². The van der Waals surface area contributed by atoms with Gasteiger partial charge in [0.05, 0.1) is 0 Å². The zero-order chi connectivity index (χ0) is 7.84. The third kappa shape index (κ3) is 1.42. The predicted molar refractivity (Wildman–Crippen MR) is 48.8 cm³/mol. The molecular formula is C9H20N2. The van der Waals surface area contributed by atoms with E-state index in [4.69, 9.17) is 0 Å². The molecule has 0 aromatic carbocycles. The van der Waals surface area contributed by atoms with Crippen molar-refractivity contribution in [3.63, 3.8) is 0 Å². The molecule has 2 unspecified atom stereocenters. The quantitative estimate of drug-likeness (QED) is 0.611. The van der Waals surface area contributed by atoms with Crippen molar-refractivity contribution < 1.29 is 1.43 Å². The number of hydrogen-bond donors (Lipinski definition) is 1. The molecule has 2 aliphatic rings. The Bertz CT molecular complexity index is 137. The van der Waals surface area contributed by atoms with Crippen LogP contribution in [0.3, 0.4) is 0 Å². The number of nitrogens with one attached hydrogen (secondary N) is 1. The number of hydrogen-bond acceptors (Lipinski definition) is 2. The largest absolute Gasteiger partial charge is 0.309 e. The van der Waals surface area contributed by atoms with Gasteiger partial charge in [0.25, 0.3) is 0 Å². The van der Waals surface area contributed by atoms with Crippen molar-refractivity contribution >= 4 is 0 Å². The van der Waals surface area contributed by atoms with Crippen LogP contribution in [0.4, 0.5) is 0 Å². The minimum absolute atomic E-state index is 0. The van der Waals surface area contributed by atoms with E-state index in [9.17, 15) is 0 Å². The second kappa shape index (κ2) is 2.76. The van der Waals surface area contributed by atoms with E-state index in [-0.39, 0.29) is 1.43 Å². The summed E-state index contributed by atoms with van der Waals surface area (Å²) >= 11 is 0. The Hall–Kier alpha value is -0.0800. The molecule has 2 nitrogen and oxygen atoms in total. The van der Waals surface area contributed by atoms with Gasteiger partial charge < -0.3 is 5.32 Å². The highest BCUT2D eigenvalue weighted by molar-refractivity contribution is 4.93. The molecule has 0 amide bonds. The van der Waals surface area contributed by atoms with Gasteiger partial charge in [-0.3, -0.25) is 4.90 Å². The molecule has 2 aliphatic heterocycles. The van der Waals surface area contributed by atoms with Gasteiger partial charge >= 0.3 is 0 Å². The Kier molecular flexibility index (Phi) is 1.90. The molecular weight excluding hydrogens is 136 g/mol. The third-order valence-electron chi connectivity index (χ3n) is 2.98. The van der Waals surface area contributed by atoms with Crippen LogP contribution in [0.5, 0.6) is 0 Å². The Morgan fingerprint density at radius 3 is 2.27 bits per heavy atom. The van der Waals surface area contributed by atoms with Crippen LogP contribution in [0.25, 0.3) is 0 Å². The molecule has 2 saturated heterocycles. The first-order chi connectivity index (χ1) is 5.25. The average Bonchev–Trinajstić information content (AvgIpc) is 2.30. The molecule has 0 aromatic rings. The number of nitrogens with zero attached hydrogens (tertiary/aromatic N) is 1. The summed E-state index contributed by atoms with van der Waals surface area (Å²) in [5, 5.41) is 3.63. The molecule has 2 heteroatoms. The van der Waals surface area contributed by atoms with E-state index in [0.29, 0.717) is 0 Å². The molecule has 2 fully saturated rings. The van der Waals surface area contributed by atoms with Gasteiger partial charge in [-0.2, -0.15) is 0 Å². The van der Waals surface area contributed by atoms with Gasteiger partial charge in [-0.05, 0) is 26.7 Å². The first kappa shape index (κ1) is 7.56. The van der Waals surface area contributed by atoms with Crippen LogP contribution in [0.2, 0.25) is 0 Å². The molecule has 0 saturated carbocycles. The summed E-state index contributed by atoms with van der Waals surface area (Å²) in [5.41, 5.74) is 0. The first-order valence-electron chi connectivity index (χ1n) is 4.76. The normalized spacial score (nSPS) is 38.5. The van der Waals surface area contributed by atoms with Crippen LogP contribution in [0, 0.1) is 0 Å². The van der Waals surface area contributed by atoms with E-state index in [1.807, 2.05) is 0 Å². The molecule has 0 aromatic heterocycles. The Labute approximate surface area is 70.4 Å². The van der Waals surface area contributed by atoms with E-state index < -0.39 is 0 Å². The zero-order valence-electron chi connectivity index (χ0n) is 7.51. The lowest BCUT2D eigenvalue weighted by molar-refractivity contribution is 0.158. The van der Waals surface area contributed by atoms with Gasteiger partial charge in [-0.1, -0.05) is 0 Å². The van der Waals surface area contributed by atoms with Crippen molar-refractivity contribution in [2.24, 2.45) is 0 Å². The van der Waals surface area contributed by atoms with Gasteiger partial charge in [-0.25, -0.2) is 0 Å². The fourth-order valence-corrected chi connectivity index (χ4v) is 2.25. The average molecular weight is 156 g/mol. The molecule has 66 valence electrons. The van der Waals surface area contributed by atoms with Crippen molar-refractivity contribution in [2.45, 2.75) is 44.8 Å². The second-order valence-corrected chi connectivity index (χ2v) is 4.19. The summed E-state index contributed by atoms with van der Waals surface area (Å²) in [6.07, 6.45) is 2.79. The Balaban J connectivity index is 0.000000720. The van der Waals surface area contributed by atoms with Crippen molar-refractivity contribution in [1.82, 2.24) is 10.2 Å². The van der Waals surface area contributed by atoms with Crippen LogP contribution < -0.4 is 5.32 Å². The van der Waals surface area contributed by atoms with Gasteiger partial charge in [-0.15, -0.1) is 0 Å². The highest BCUT2D eigenvalue weighted by Crippen LogP contribution is 2.21. The van der Waals surface area contributed by atoms with Crippen LogP contribution in [0.1, 0.15) is 28.1 Å². The maximum Gasteiger partial charge on any atom is 0.0198 e. The second-order valence-electron chi connectivity index (χ2n) is 4.19. The molecule has 2 bridgehead atoms. The Morgan fingerprint density at radius 1 is 1.27 bits per heavy atom. The maximum atomic E-state index is 3.63. The van der Waals surface area contributed by atoms with Gasteiger partial charge in [0.1, 0.15) is 0 Å². The minimum atomic E-state index is 0. The van der Waals surface area contributed by atoms with Crippen molar-refractivity contribution in [3.05, 3.63) is 0 Å². The smallest absolute Gasteiger partial charge is 0.0198 e. The summed E-state index contributed by atoms with van der Waals surface area (Å²) in [5.74, 6) is 0. The summed E-state index contributed by atoms with van der Waals surface area (Å²) in [6, 6.07) is 2.34.